The van der Waals surface area contributed by atoms with Crippen LogP contribution in [0, 0.1) is 0 Å². The summed E-state index contributed by atoms with van der Waals surface area (Å²) in [5, 5.41) is 0. The van der Waals surface area contributed by atoms with E-state index in [1.54, 1.807) is 0 Å². The van der Waals surface area contributed by atoms with Crippen molar-refractivity contribution in [2.24, 2.45) is 0 Å². The first-order chi connectivity index (χ1) is 5.99. The minimum Gasteiger partial charge on any atom is -1.00 e. The molecule has 1 rings (SSSR count). The van der Waals surface area contributed by atoms with Crippen molar-refractivity contribution in [3.63, 3.8) is 0 Å². The summed E-state index contributed by atoms with van der Waals surface area (Å²) >= 11 is 0.312. The van der Waals surface area contributed by atoms with Crippen molar-refractivity contribution in [3.05, 3.63) is 29.8 Å². The standard InChI is InChI=1S/C9H15Si.C2H7Ge.2ClH.Zr/c1-10(2,3)8-9-6-4-5-7-9;1-3-2;;;/h4-7H,8H2,1-3H3;3H,1-2H3;2*1H;/q-1;;;;+3/p-2. The van der Waals surface area contributed by atoms with E-state index in [9.17, 15) is 0 Å². The summed E-state index contributed by atoms with van der Waals surface area (Å²) in [7, 11) is -0.862. The fourth-order valence-electron chi connectivity index (χ4n) is 1.14. The molecular formula is C11H22Cl2GeSiZr. The van der Waals surface area contributed by atoms with Crippen LogP contribution in [0.3, 0.4) is 0 Å². The van der Waals surface area contributed by atoms with E-state index in [4.69, 9.17) is 0 Å². The molecule has 0 amide bonds. The average molecular weight is 417 g/mol. The van der Waals surface area contributed by atoms with Gasteiger partial charge in [0.25, 0.3) is 0 Å². The maximum Gasteiger partial charge on any atom is 3.00 e. The van der Waals surface area contributed by atoms with Crippen molar-refractivity contribution >= 4 is 23.5 Å². The third-order valence-electron chi connectivity index (χ3n) is 1.47. The maximum absolute atomic E-state index is 2.40. The summed E-state index contributed by atoms with van der Waals surface area (Å²) < 4.78 is 0. The first-order valence-corrected chi connectivity index (χ1v) is 13.5. The summed E-state index contributed by atoms with van der Waals surface area (Å²) in [6.45, 7) is 7.21. The molecule has 0 aromatic heterocycles. The molecule has 0 atom stereocenters. The van der Waals surface area contributed by atoms with Gasteiger partial charge in [-0.05, 0) is 0 Å². The number of halogens is 2. The summed E-state index contributed by atoms with van der Waals surface area (Å²) in [5.41, 5.74) is 1.51. The number of hydrogen-bond acceptors (Lipinski definition) is 0. The molecule has 0 aliphatic rings. The Morgan fingerprint density at radius 3 is 1.56 bits per heavy atom. The van der Waals surface area contributed by atoms with Gasteiger partial charge in [0.2, 0.25) is 0 Å². The zero-order valence-electron chi connectivity index (χ0n) is 10.8. The van der Waals surface area contributed by atoms with Gasteiger partial charge in [-0.2, -0.15) is 17.7 Å². The minimum atomic E-state index is -0.862. The van der Waals surface area contributed by atoms with Crippen molar-refractivity contribution < 1.29 is 51.0 Å². The maximum atomic E-state index is 2.40. The van der Waals surface area contributed by atoms with E-state index in [0.717, 1.165) is 0 Å². The minimum absolute atomic E-state index is 0. The molecule has 0 nitrogen and oxygen atoms in total. The van der Waals surface area contributed by atoms with Crippen molar-refractivity contribution in [1.29, 1.82) is 0 Å². The molecule has 1 aromatic rings. The van der Waals surface area contributed by atoms with E-state index < -0.39 is 8.07 Å². The molecule has 0 saturated heterocycles. The monoisotopic (exact) mass is 416 g/mol. The van der Waals surface area contributed by atoms with Crippen molar-refractivity contribution in [3.8, 4) is 0 Å². The quantitative estimate of drug-likeness (QED) is 0.365. The van der Waals surface area contributed by atoms with Crippen LogP contribution in [0.2, 0.25) is 31.2 Å². The first kappa shape index (κ1) is 26.2. The van der Waals surface area contributed by atoms with Gasteiger partial charge in [-0.25, -0.2) is 12.1 Å². The molecule has 1 aromatic carbocycles. The normalized spacial score (nSPS) is 8.56. The van der Waals surface area contributed by atoms with E-state index in [1.807, 2.05) is 0 Å². The third-order valence-corrected chi connectivity index (χ3v) is 2.94. The SMILES string of the molecule is C[Si](C)(C)C[c-]1cccc1.[CH3][GeH][CH3].[Cl-].[Cl-].[Zr+3]. The second-order valence-corrected chi connectivity index (χ2v) is 12.5. The fourth-order valence-corrected chi connectivity index (χ4v) is 2.60. The van der Waals surface area contributed by atoms with Gasteiger partial charge < -0.3 is 24.8 Å². The van der Waals surface area contributed by atoms with Gasteiger partial charge in [0, 0.05) is 8.07 Å². The molecule has 92 valence electrons. The second-order valence-electron chi connectivity index (χ2n) is 4.61. The Balaban J connectivity index is -0.000000109. The van der Waals surface area contributed by atoms with Crippen LogP contribution < -0.4 is 24.8 Å². The largest absolute Gasteiger partial charge is 3.00 e. The van der Waals surface area contributed by atoms with Crippen LogP contribution in [0.15, 0.2) is 24.3 Å². The van der Waals surface area contributed by atoms with E-state index in [1.165, 1.54) is 11.6 Å². The molecule has 0 aliphatic heterocycles. The molecule has 0 N–H and O–H groups in total. The van der Waals surface area contributed by atoms with Crippen LogP contribution in [0.5, 0.6) is 0 Å². The van der Waals surface area contributed by atoms with Crippen LogP contribution >= 0.6 is 0 Å². The molecule has 0 heterocycles. The molecule has 0 aliphatic carbocycles. The second kappa shape index (κ2) is 14.6. The van der Waals surface area contributed by atoms with E-state index >= 15 is 0 Å². The van der Waals surface area contributed by atoms with Gasteiger partial charge in [0.1, 0.15) is 0 Å². The van der Waals surface area contributed by atoms with E-state index in [0.29, 0.717) is 15.4 Å². The molecule has 2 radical (unpaired) electrons. The van der Waals surface area contributed by atoms with Gasteiger partial charge in [-0.15, -0.1) is 0 Å². The van der Waals surface area contributed by atoms with E-state index in [2.05, 4.69) is 55.4 Å². The molecule has 0 saturated carbocycles. The molecule has 0 bridgehead atoms. The van der Waals surface area contributed by atoms with Gasteiger partial charge in [-0.1, -0.05) is 25.7 Å². The summed E-state index contributed by atoms with van der Waals surface area (Å²) in [6, 6.07) is 10.0. The Kier molecular flexibility index (Phi) is 24.0. The average Bonchev–Trinajstić information content (AvgIpc) is 2.37. The zero-order valence-corrected chi connectivity index (χ0v) is 18.2. The topological polar surface area (TPSA) is 0 Å². The van der Waals surface area contributed by atoms with Crippen LogP contribution in [-0.4, -0.2) is 23.5 Å². The Morgan fingerprint density at radius 2 is 1.31 bits per heavy atom. The van der Waals surface area contributed by atoms with Crippen molar-refractivity contribution in [2.75, 3.05) is 0 Å². The number of rotatable bonds is 2. The molecule has 0 fully saturated rings. The predicted molar refractivity (Wildman–Crippen MR) is 68.0 cm³/mol. The van der Waals surface area contributed by atoms with Crippen LogP contribution in [0.25, 0.3) is 0 Å². The Morgan fingerprint density at radius 1 is 1.00 bits per heavy atom. The predicted octanol–water partition coefficient (Wildman–Crippen LogP) is -2.65. The van der Waals surface area contributed by atoms with E-state index in [-0.39, 0.29) is 51.0 Å². The van der Waals surface area contributed by atoms with Crippen LogP contribution in [0.4, 0.5) is 0 Å². The summed E-state index contributed by atoms with van der Waals surface area (Å²) in [4.78, 5) is 0. The molecular weight excluding hydrogens is 395 g/mol. The summed E-state index contributed by atoms with van der Waals surface area (Å²) in [5.74, 6) is 4.56. The fraction of sp³-hybridized carbons (Fsp3) is 0.545. The van der Waals surface area contributed by atoms with Crippen LogP contribution in [0.1, 0.15) is 5.56 Å². The van der Waals surface area contributed by atoms with Gasteiger partial charge in [-0.3, -0.25) is 0 Å². The first-order valence-electron chi connectivity index (χ1n) is 4.94. The van der Waals surface area contributed by atoms with Crippen LogP contribution in [-0.2, 0) is 32.2 Å². The van der Waals surface area contributed by atoms with Crippen molar-refractivity contribution in [2.45, 2.75) is 37.2 Å². The zero-order chi connectivity index (χ0) is 10.3. The van der Waals surface area contributed by atoms with Crippen molar-refractivity contribution in [1.82, 2.24) is 0 Å². The molecule has 0 spiro atoms. The van der Waals surface area contributed by atoms with Gasteiger partial charge in [0.05, 0.1) is 0 Å². The smallest absolute Gasteiger partial charge is 1.00 e. The Hall–Kier alpha value is 1.57. The summed E-state index contributed by atoms with van der Waals surface area (Å²) in [6.07, 6.45) is 0. The number of hydrogen-bond donors (Lipinski definition) is 0. The molecule has 5 heteroatoms. The molecule has 0 unspecified atom stereocenters. The third kappa shape index (κ3) is 18.0. The van der Waals surface area contributed by atoms with Gasteiger partial charge in [0.15, 0.2) is 0 Å². The van der Waals surface area contributed by atoms with Gasteiger partial charge >= 0.3 is 53.1 Å². The molecule has 16 heavy (non-hydrogen) atoms. The Labute approximate surface area is 140 Å². The Bertz CT molecular complexity index is 210.